The summed E-state index contributed by atoms with van der Waals surface area (Å²) in [7, 11) is 4.14. The van der Waals surface area contributed by atoms with E-state index in [0.717, 1.165) is 24.5 Å². The van der Waals surface area contributed by atoms with Gasteiger partial charge < -0.3 is 14.8 Å². The van der Waals surface area contributed by atoms with Gasteiger partial charge in [0.25, 0.3) is 5.91 Å². The Bertz CT molecular complexity index is 648. The summed E-state index contributed by atoms with van der Waals surface area (Å²) in [6.07, 6.45) is 4.62. The van der Waals surface area contributed by atoms with E-state index in [0.29, 0.717) is 24.8 Å². The maximum Gasteiger partial charge on any atom is 0.271 e. The number of likely N-dealkylation sites (N-methyl/N-ethyl adjacent to an activating group) is 1. The van der Waals surface area contributed by atoms with Crippen molar-refractivity contribution in [3.05, 3.63) is 35.7 Å². The van der Waals surface area contributed by atoms with Crippen LogP contribution in [0.3, 0.4) is 0 Å². The number of aryl methyl sites for hydroxylation is 1. The summed E-state index contributed by atoms with van der Waals surface area (Å²) < 4.78 is 3.95. The summed E-state index contributed by atoms with van der Waals surface area (Å²) >= 11 is 0. The Balaban J connectivity index is 1.54. The molecule has 3 heterocycles. The maximum atomic E-state index is 12.2. The van der Waals surface area contributed by atoms with Crippen molar-refractivity contribution in [1.29, 1.82) is 0 Å². The SMILES string of the molecule is Cc1nccn1CCNC(=O)c1cc2n(n1)C[C@@H](N(C)C)C2. The maximum absolute atomic E-state index is 12.2. The van der Waals surface area contributed by atoms with Crippen LogP contribution < -0.4 is 5.32 Å². The molecule has 2 aromatic heterocycles. The molecule has 3 rings (SSSR count). The minimum atomic E-state index is -0.110. The Morgan fingerprint density at radius 1 is 1.50 bits per heavy atom. The highest BCUT2D eigenvalue weighted by atomic mass is 16.1. The van der Waals surface area contributed by atoms with Crippen LogP contribution in [0.4, 0.5) is 0 Å². The molecule has 7 heteroatoms. The molecule has 1 atom stereocenters. The van der Waals surface area contributed by atoms with Gasteiger partial charge in [-0.3, -0.25) is 9.48 Å². The molecule has 0 saturated carbocycles. The number of rotatable bonds is 5. The molecule has 0 saturated heterocycles. The number of carbonyl (C=O) groups is 1. The van der Waals surface area contributed by atoms with Crippen LogP contribution in [0.2, 0.25) is 0 Å². The van der Waals surface area contributed by atoms with Crippen molar-refractivity contribution in [2.45, 2.75) is 32.5 Å². The molecule has 0 radical (unpaired) electrons. The Morgan fingerprint density at radius 3 is 2.95 bits per heavy atom. The molecule has 0 bridgehead atoms. The average molecular weight is 302 g/mol. The first-order valence-corrected chi connectivity index (χ1v) is 7.53. The Labute approximate surface area is 129 Å². The number of aromatic nitrogens is 4. The fourth-order valence-electron chi connectivity index (χ4n) is 2.76. The fraction of sp³-hybridized carbons (Fsp3) is 0.533. The number of hydrogen-bond donors (Lipinski definition) is 1. The quantitative estimate of drug-likeness (QED) is 0.863. The molecule has 0 unspecified atom stereocenters. The highest BCUT2D eigenvalue weighted by Gasteiger charge is 2.26. The average Bonchev–Trinajstić information content (AvgIpc) is 3.13. The highest BCUT2D eigenvalue weighted by Crippen LogP contribution is 2.18. The molecule has 118 valence electrons. The van der Waals surface area contributed by atoms with Crippen LogP contribution in [0.1, 0.15) is 22.0 Å². The van der Waals surface area contributed by atoms with Gasteiger partial charge in [0.15, 0.2) is 0 Å². The summed E-state index contributed by atoms with van der Waals surface area (Å²) in [6, 6.07) is 2.38. The molecular weight excluding hydrogens is 280 g/mol. The third-order valence-electron chi connectivity index (χ3n) is 4.22. The van der Waals surface area contributed by atoms with Crippen molar-refractivity contribution in [3.63, 3.8) is 0 Å². The molecule has 0 aromatic carbocycles. The van der Waals surface area contributed by atoms with Gasteiger partial charge in [0.05, 0.1) is 6.54 Å². The van der Waals surface area contributed by atoms with Crippen molar-refractivity contribution in [3.8, 4) is 0 Å². The predicted molar refractivity (Wildman–Crippen MR) is 82.7 cm³/mol. The minimum absolute atomic E-state index is 0.110. The Hall–Kier alpha value is -2.15. The number of hydrogen-bond acceptors (Lipinski definition) is 4. The van der Waals surface area contributed by atoms with E-state index >= 15 is 0 Å². The van der Waals surface area contributed by atoms with Crippen molar-refractivity contribution in [1.82, 2.24) is 29.5 Å². The summed E-state index contributed by atoms with van der Waals surface area (Å²) in [6.45, 7) is 4.08. The van der Waals surface area contributed by atoms with E-state index < -0.39 is 0 Å². The fourth-order valence-corrected chi connectivity index (χ4v) is 2.76. The van der Waals surface area contributed by atoms with Crippen LogP contribution in [-0.2, 0) is 19.5 Å². The number of nitrogens with zero attached hydrogens (tertiary/aromatic N) is 5. The molecule has 1 N–H and O–H groups in total. The summed E-state index contributed by atoms with van der Waals surface area (Å²) in [5.74, 6) is 0.839. The Kier molecular flexibility index (Phi) is 3.98. The first-order valence-electron chi connectivity index (χ1n) is 7.53. The number of nitrogens with one attached hydrogen (secondary N) is 1. The molecule has 22 heavy (non-hydrogen) atoms. The van der Waals surface area contributed by atoms with E-state index in [1.165, 1.54) is 0 Å². The monoisotopic (exact) mass is 302 g/mol. The van der Waals surface area contributed by atoms with Crippen LogP contribution in [0, 0.1) is 6.92 Å². The van der Waals surface area contributed by atoms with Gasteiger partial charge in [0.1, 0.15) is 11.5 Å². The van der Waals surface area contributed by atoms with E-state index in [9.17, 15) is 4.79 Å². The van der Waals surface area contributed by atoms with Gasteiger partial charge in [-0.1, -0.05) is 0 Å². The first kappa shape index (κ1) is 14.8. The van der Waals surface area contributed by atoms with Gasteiger partial charge in [0, 0.05) is 43.6 Å². The van der Waals surface area contributed by atoms with Gasteiger partial charge in [-0.15, -0.1) is 0 Å². The number of carbonyl (C=O) groups excluding carboxylic acids is 1. The normalized spacial score (nSPS) is 17.0. The van der Waals surface area contributed by atoms with Crippen LogP contribution in [-0.4, -0.2) is 56.8 Å². The molecule has 1 aliphatic heterocycles. The van der Waals surface area contributed by atoms with E-state index in [-0.39, 0.29) is 5.91 Å². The van der Waals surface area contributed by atoms with Crippen LogP contribution in [0.15, 0.2) is 18.5 Å². The van der Waals surface area contributed by atoms with E-state index in [1.807, 2.05) is 28.4 Å². The van der Waals surface area contributed by atoms with Gasteiger partial charge in [0.2, 0.25) is 0 Å². The second kappa shape index (κ2) is 5.92. The second-order valence-corrected chi connectivity index (χ2v) is 5.95. The number of fused-ring (bicyclic) bond motifs is 1. The van der Waals surface area contributed by atoms with Crippen molar-refractivity contribution in [2.24, 2.45) is 0 Å². The number of amides is 1. The largest absolute Gasteiger partial charge is 0.349 e. The van der Waals surface area contributed by atoms with E-state index in [4.69, 9.17) is 0 Å². The van der Waals surface area contributed by atoms with Crippen molar-refractivity contribution < 1.29 is 4.79 Å². The molecule has 1 aliphatic rings. The molecule has 0 fully saturated rings. The third-order valence-corrected chi connectivity index (χ3v) is 4.22. The van der Waals surface area contributed by atoms with E-state index in [2.05, 4.69) is 34.4 Å². The molecule has 1 amide bonds. The number of imidazole rings is 1. The second-order valence-electron chi connectivity index (χ2n) is 5.95. The van der Waals surface area contributed by atoms with Gasteiger partial charge in [-0.25, -0.2) is 4.98 Å². The zero-order chi connectivity index (χ0) is 15.7. The molecule has 0 aliphatic carbocycles. The zero-order valence-corrected chi connectivity index (χ0v) is 13.3. The molecular formula is C15H22N6O. The highest BCUT2D eigenvalue weighted by molar-refractivity contribution is 5.92. The predicted octanol–water partition coefficient (Wildman–Crippen LogP) is 0.304. The van der Waals surface area contributed by atoms with Gasteiger partial charge >= 0.3 is 0 Å². The lowest BCUT2D eigenvalue weighted by Gasteiger charge is -2.17. The molecule has 2 aromatic rings. The van der Waals surface area contributed by atoms with E-state index in [1.54, 1.807) is 6.20 Å². The molecule has 0 spiro atoms. The van der Waals surface area contributed by atoms with Crippen LogP contribution in [0.5, 0.6) is 0 Å². The van der Waals surface area contributed by atoms with Gasteiger partial charge in [-0.05, 0) is 27.1 Å². The van der Waals surface area contributed by atoms with Gasteiger partial charge in [-0.2, -0.15) is 5.10 Å². The standard InChI is InChI=1S/C15H22N6O/c1-11-16-4-6-20(11)7-5-17-15(22)14-9-12-8-13(19(2)3)10-21(12)18-14/h4,6,9,13H,5,7-8,10H2,1-3H3,(H,17,22)/t13-/m0/s1. The lowest BCUT2D eigenvalue weighted by atomic mass is 10.2. The Morgan fingerprint density at radius 2 is 2.32 bits per heavy atom. The lowest BCUT2D eigenvalue weighted by molar-refractivity contribution is 0.0946. The molecule has 7 nitrogen and oxygen atoms in total. The van der Waals surface area contributed by atoms with Crippen molar-refractivity contribution >= 4 is 5.91 Å². The topological polar surface area (TPSA) is 68.0 Å². The first-order chi connectivity index (χ1) is 10.5. The van der Waals surface area contributed by atoms with Crippen molar-refractivity contribution in [2.75, 3.05) is 20.6 Å². The smallest absolute Gasteiger partial charge is 0.271 e. The summed E-state index contributed by atoms with van der Waals surface area (Å²) in [5.41, 5.74) is 1.64. The summed E-state index contributed by atoms with van der Waals surface area (Å²) in [4.78, 5) is 18.5. The van der Waals surface area contributed by atoms with Crippen LogP contribution in [0.25, 0.3) is 0 Å². The zero-order valence-electron chi connectivity index (χ0n) is 13.3. The lowest BCUT2D eigenvalue weighted by Crippen LogP contribution is -2.30. The minimum Gasteiger partial charge on any atom is -0.349 e. The van der Waals surface area contributed by atoms with Crippen LogP contribution >= 0.6 is 0 Å². The third kappa shape index (κ3) is 2.89. The summed E-state index contributed by atoms with van der Waals surface area (Å²) in [5, 5.41) is 7.33.